The van der Waals surface area contributed by atoms with Crippen LogP contribution in [0.25, 0.3) is 0 Å². The van der Waals surface area contributed by atoms with Gasteiger partial charge in [-0.3, -0.25) is 0 Å². The highest BCUT2D eigenvalue weighted by molar-refractivity contribution is 7.90. The first-order valence-electron chi connectivity index (χ1n) is 3.24. The van der Waals surface area contributed by atoms with Crippen LogP contribution in [0.5, 0.6) is 0 Å². The quantitative estimate of drug-likeness (QED) is 0.665. The van der Waals surface area contributed by atoms with Crippen molar-refractivity contribution in [1.82, 2.24) is 4.98 Å². The molecule has 0 spiro atoms. The van der Waals surface area contributed by atoms with Gasteiger partial charge in [0.2, 0.25) is 0 Å². The first kappa shape index (κ1) is 10.1. The number of halogens is 1. The molecule has 1 heterocycles. The standard InChI is InChI=1S/C6H8ClN3O2S/c1-13(11,12)4-2-3(8)5(7)10-6(4)9/h2H,8H2,1H3,(H2,9,10). The summed E-state index contributed by atoms with van der Waals surface area (Å²) < 4.78 is 22.2. The monoisotopic (exact) mass is 221 g/mol. The molecule has 0 bridgehead atoms. The molecule has 4 N–H and O–H groups in total. The van der Waals surface area contributed by atoms with E-state index in [1.807, 2.05) is 0 Å². The number of hydrogen-bond donors (Lipinski definition) is 2. The highest BCUT2D eigenvalue weighted by Gasteiger charge is 2.14. The summed E-state index contributed by atoms with van der Waals surface area (Å²) in [6, 6.07) is 1.19. The summed E-state index contributed by atoms with van der Waals surface area (Å²) in [5, 5.41) is 0.00454. The molecule has 0 saturated carbocycles. The van der Waals surface area contributed by atoms with Crippen LogP contribution in [-0.2, 0) is 9.84 Å². The number of sulfone groups is 1. The van der Waals surface area contributed by atoms with Gasteiger partial charge in [-0.2, -0.15) is 0 Å². The number of pyridine rings is 1. The lowest BCUT2D eigenvalue weighted by atomic mass is 10.4. The van der Waals surface area contributed by atoms with E-state index in [-0.39, 0.29) is 21.6 Å². The Hall–Kier alpha value is -1.01. The zero-order chi connectivity index (χ0) is 10.2. The normalized spacial score (nSPS) is 11.5. The highest BCUT2D eigenvalue weighted by atomic mass is 35.5. The number of rotatable bonds is 1. The molecule has 72 valence electrons. The summed E-state index contributed by atoms with van der Waals surface area (Å²) in [5.74, 6) is -0.137. The van der Waals surface area contributed by atoms with Gasteiger partial charge in [-0.25, -0.2) is 13.4 Å². The third kappa shape index (κ3) is 2.02. The number of nitrogens with two attached hydrogens (primary N) is 2. The molecule has 7 heteroatoms. The largest absolute Gasteiger partial charge is 0.396 e. The van der Waals surface area contributed by atoms with Gasteiger partial charge < -0.3 is 11.5 Å². The second-order valence-corrected chi connectivity index (χ2v) is 4.87. The van der Waals surface area contributed by atoms with Crippen molar-refractivity contribution < 1.29 is 8.42 Å². The Morgan fingerprint density at radius 1 is 1.46 bits per heavy atom. The van der Waals surface area contributed by atoms with Crippen LogP contribution < -0.4 is 11.5 Å². The van der Waals surface area contributed by atoms with E-state index in [0.29, 0.717) is 0 Å². The van der Waals surface area contributed by atoms with E-state index in [1.54, 1.807) is 0 Å². The average Bonchev–Trinajstić information content (AvgIpc) is 1.94. The fourth-order valence-electron chi connectivity index (χ4n) is 0.797. The van der Waals surface area contributed by atoms with Crippen LogP contribution in [0.2, 0.25) is 5.15 Å². The molecule has 0 amide bonds. The van der Waals surface area contributed by atoms with E-state index in [4.69, 9.17) is 23.1 Å². The van der Waals surface area contributed by atoms with Crippen LogP contribution in [0.1, 0.15) is 0 Å². The Kier molecular flexibility index (Phi) is 2.36. The molecule has 0 aliphatic rings. The Balaban J connectivity index is 3.50. The predicted molar refractivity (Wildman–Crippen MR) is 51.2 cm³/mol. The molecule has 0 aliphatic carbocycles. The first-order valence-corrected chi connectivity index (χ1v) is 5.51. The summed E-state index contributed by atoms with van der Waals surface area (Å²) >= 11 is 5.53. The number of hydrogen-bond acceptors (Lipinski definition) is 5. The third-order valence-electron chi connectivity index (χ3n) is 1.40. The first-order chi connectivity index (χ1) is 5.82. The van der Waals surface area contributed by atoms with Crippen LogP contribution in [-0.4, -0.2) is 19.7 Å². The lowest BCUT2D eigenvalue weighted by molar-refractivity contribution is 0.602. The SMILES string of the molecule is CS(=O)(=O)c1cc(N)c(Cl)nc1N. The Labute approximate surface area is 80.6 Å². The number of nitrogens with zero attached hydrogens (tertiary/aromatic N) is 1. The molecule has 0 unspecified atom stereocenters. The average molecular weight is 222 g/mol. The van der Waals surface area contributed by atoms with Gasteiger partial charge in [-0.05, 0) is 6.07 Å². The minimum absolute atomic E-state index is 0.00454. The van der Waals surface area contributed by atoms with Crippen molar-refractivity contribution in [2.45, 2.75) is 4.90 Å². The molecular formula is C6H8ClN3O2S. The van der Waals surface area contributed by atoms with Crippen molar-refractivity contribution in [3.8, 4) is 0 Å². The van der Waals surface area contributed by atoms with E-state index in [2.05, 4.69) is 4.98 Å². The molecule has 0 atom stereocenters. The predicted octanol–water partition coefficient (Wildman–Crippen LogP) is 0.303. The Morgan fingerprint density at radius 3 is 2.46 bits per heavy atom. The molecule has 1 rings (SSSR count). The van der Waals surface area contributed by atoms with Gasteiger partial charge in [0.25, 0.3) is 0 Å². The lowest BCUT2D eigenvalue weighted by Crippen LogP contribution is -2.06. The zero-order valence-electron chi connectivity index (χ0n) is 6.78. The molecule has 0 saturated heterocycles. The van der Waals surface area contributed by atoms with Crippen molar-refractivity contribution in [3.63, 3.8) is 0 Å². The maximum absolute atomic E-state index is 11.1. The second-order valence-electron chi connectivity index (χ2n) is 2.52. The smallest absolute Gasteiger partial charge is 0.179 e. The Morgan fingerprint density at radius 2 is 2.00 bits per heavy atom. The molecule has 5 nitrogen and oxygen atoms in total. The van der Waals surface area contributed by atoms with Crippen molar-refractivity contribution in [2.24, 2.45) is 0 Å². The van der Waals surface area contributed by atoms with Crippen molar-refractivity contribution in [3.05, 3.63) is 11.2 Å². The summed E-state index contributed by atoms with van der Waals surface area (Å²) in [7, 11) is -3.40. The molecule has 13 heavy (non-hydrogen) atoms. The van der Waals surface area contributed by atoms with Gasteiger partial charge in [0.15, 0.2) is 15.0 Å². The summed E-state index contributed by atoms with van der Waals surface area (Å²) in [4.78, 5) is 3.48. The van der Waals surface area contributed by atoms with Crippen LogP contribution in [0, 0.1) is 0 Å². The molecule has 0 radical (unpaired) electrons. The topological polar surface area (TPSA) is 99.1 Å². The van der Waals surface area contributed by atoms with Gasteiger partial charge in [0.05, 0.1) is 5.69 Å². The second kappa shape index (κ2) is 3.04. The van der Waals surface area contributed by atoms with E-state index in [0.717, 1.165) is 6.26 Å². The Bertz CT molecular complexity index is 443. The summed E-state index contributed by atoms with van der Waals surface area (Å²) in [6.07, 6.45) is 1.02. The van der Waals surface area contributed by atoms with E-state index >= 15 is 0 Å². The van der Waals surface area contributed by atoms with Crippen molar-refractivity contribution in [2.75, 3.05) is 17.7 Å². The fourth-order valence-corrected chi connectivity index (χ4v) is 1.71. The van der Waals surface area contributed by atoms with Crippen LogP contribution in [0.4, 0.5) is 11.5 Å². The number of aromatic nitrogens is 1. The molecule has 1 aromatic rings. The van der Waals surface area contributed by atoms with Crippen LogP contribution >= 0.6 is 11.6 Å². The third-order valence-corrected chi connectivity index (χ3v) is 2.82. The minimum Gasteiger partial charge on any atom is -0.396 e. The summed E-state index contributed by atoms with van der Waals surface area (Å²) in [6.45, 7) is 0. The highest BCUT2D eigenvalue weighted by Crippen LogP contribution is 2.24. The van der Waals surface area contributed by atoms with Gasteiger partial charge >= 0.3 is 0 Å². The molecular weight excluding hydrogens is 214 g/mol. The lowest BCUT2D eigenvalue weighted by Gasteiger charge is -2.04. The van der Waals surface area contributed by atoms with Gasteiger partial charge in [-0.1, -0.05) is 11.6 Å². The van der Waals surface area contributed by atoms with E-state index in [9.17, 15) is 8.42 Å². The van der Waals surface area contributed by atoms with Crippen molar-refractivity contribution in [1.29, 1.82) is 0 Å². The maximum atomic E-state index is 11.1. The van der Waals surface area contributed by atoms with Gasteiger partial charge in [0, 0.05) is 6.26 Å². The van der Waals surface area contributed by atoms with Gasteiger partial charge in [-0.15, -0.1) is 0 Å². The molecule has 1 aromatic heterocycles. The fraction of sp³-hybridized carbons (Fsp3) is 0.167. The molecule has 0 fully saturated rings. The zero-order valence-corrected chi connectivity index (χ0v) is 8.35. The maximum Gasteiger partial charge on any atom is 0.179 e. The van der Waals surface area contributed by atoms with E-state index in [1.165, 1.54) is 6.07 Å². The minimum atomic E-state index is -3.40. The van der Waals surface area contributed by atoms with E-state index < -0.39 is 9.84 Å². The van der Waals surface area contributed by atoms with Gasteiger partial charge in [0.1, 0.15) is 10.7 Å². The molecule has 0 aliphatic heterocycles. The van der Waals surface area contributed by atoms with Crippen LogP contribution in [0.15, 0.2) is 11.0 Å². The number of nitrogen functional groups attached to an aromatic ring is 2. The number of anilines is 2. The summed E-state index contributed by atoms with van der Waals surface area (Å²) in [5.41, 5.74) is 10.8. The van der Waals surface area contributed by atoms with Crippen LogP contribution in [0.3, 0.4) is 0 Å². The molecule has 0 aromatic carbocycles. The van der Waals surface area contributed by atoms with Crippen molar-refractivity contribution >= 4 is 32.9 Å².